The lowest BCUT2D eigenvalue weighted by molar-refractivity contribution is -0.362. The van der Waals surface area contributed by atoms with Crippen LogP contribution < -0.4 is 14.4 Å². The summed E-state index contributed by atoms with van der Waals surface area (Å²) >= 11 is 0. The minimum atomic E-state index is -0.387. The van der Waals surface area contributed by atoms with Gasteiger partial charge in [0.2, 0.25) is 5.88 Å². The van der Waals surface area contributed by atoms with Crippen LogP contribution in [0.5, 0.6) is 11.6 Å². The summed E-state index contributed by atoms with van der Waals surface area (Å²) in [6, 6.07) is 3.92. The molecule has 1 saturated heterocycles. The number of pyridine rings is 2. The second kappa shape index (κ2) is 11.7. The topological polar surface area (TPSA) is 126 Å². The van der Waals surface area contributed by atoms with Gasteiger partial charge in [-0.05, 0) is 38.7 Å². The first kappa shape index (κ1) is 26.9. The molecular weight excluding hydrogens is 524 g/mol. The fraction of sp³-hybridized carbons (Fsp3) is 0.448. The average molecular weight is 559 g/mol. The van der Waals surface area contributed by atoms with E-state index in [9.17, 15) is 5.21 Å². The lowest BCUT2D eigenvalue weighted by atomic mass is 9.85. The van der Waals surface area contributed by atoms with E-state index < -0.39 is 0 Å². The molecular formula is C29H34N8O4. The van der Waals surface area contributed by atoms with Gasteiger partial charge in [0, 0.05) is 50.4 Å². The molecule has 0 aromatic carbocycles. The molecule has 1 saturated carbocycles. The molecule has 6 rings (SSSR count). The Balaban J connectivity index is 1.26. The second-order valence-electron chi connectivity index (χ2n) is 10.5. The van der Waals surface area contributed by atoms with Gasteiger partial charge in [-0.3, -0.25) is 19.7 Å². The predicted octanol–water partition coefficient (Wildman–Crippen LogP) is 4.08. The summed E-state index contributed by atoms with van der Waals surface area (Å²) < 4.78 is 20.6. The summed E-state index contributed by atoms with van der Waals surface area (Å²) in [6.45, 7) is 8.13. The van der Waals surface area contributed by atoms with Gasteiger partial charge in [0.05, 0.1) is 43.1 Å². The SMILES string of the molecule is C=[N+]([O-])c1ncc(C(C)Oc2cnc3cc(N4CCOCC4)nc(O[C@H]4CC[C@@H](c5cnccn5)CC4)c3c2)n1C. The maximum absolute atomic E-state index is 11.7. The predicted molar refractivity (Wildman–Crippen MR) is 153 cm³/mol. The van der Waals surface area contributed by atoms with E-state index in [2.05, 4.69) is 26.6 Å². The van der Waals surface area contributed by atoms with Crippen LogP contribution in [0.3, 0.4) is 0 Å². The third kappa shape index (κ3) is 5.78. The van der Waals surface area contributed by atoms with Crippen LogP contribution in [0.2, 0.25) is 0 Å². The minimum absolute atomic E-state index is 0.0348. The van der Waals surface area contributed by atoms with Crippen LogP contribution in [-0.4, -0.2) is 73.4 Å². The van der Waals surface area contributed by atoms with Gasteiger partial charge in [-0.1, -0.05) is 4.98 Å². The highest BCUT2D eigenvalue weighted by Gasteiger charge is 2.27. The zero-order valence-corrected chi connectivity index (χ0v) is 23.3. The van der Waals surface area contributed by atoms with Gasteiger partial charge in [0.25, 0.3) is 0 Å². The van der Waals surface area contributed by atoms with Gasteiger partial charge in [-0.2, -0.15) is 4.98 Å². The Bertz CT molecular complexity index is 1510. The molecule has 0 radical (unpaired) electrons. The van der Waals surface area contributed by atoms with E-state index in [1.165, 1.54) is 0 Å². The standard InChI is InChI=1S/C29H34N8O4/c1-19(26-18-33-29(35(26)2)36(3)38)40-22-14-23-24(32-16-22)15-27(37-10-12-39-13-11-37)34-28(23)41-21-6-4-20(5-7-21)25-17-30-8-9-31-25/h8-9,14-21H,3-7,10-13H2,1-2H3/t19?,20-,21+. The summed E-state index contributed by atoms with van der Waals surface area (Å²) in [7, 11) is 1.76. The van der Waals surface area contributed by atoms with E-state index in [4.69, 9.17) is 24.2 Å². The first-order valence-corrected chi connectivity index (χ1v) is 14.0. The number of ether oxygens (including phenoxy) is 3. The Labute approximate surface area is 238 Å². The molecule has 4 aromatic rings. The normalized spacial score (nSPS) is 20.1. The summed E-state index contributed by atoms with van der Waals surface area (Å²) in [5.41, 5.74) is 2.57. The Morgan fingerprint density at radius 2 is 1.85 bits per heavy atom. The molecule has 0 bridgehead atoms. The first-order valence-electron chi connectivity index (χ1n) is 14.0. The van der Waals surface area contributed by atoms with Gasteiger partial charge < -0.3 is 24.3 Å². The van der Waals surface area contributed by atoms with Crippen LogP contribution in [0.4, 0.5) is 11.8 Å². The van der Waals surface area contributed by atoms with Crippen molar-refractivity contribution in [1.82, 2.24) is 29.5 Å². The quantitative estimate of drug-likeness (QED) is 0.135. The largest absolute Gasteiger partial charge is 0.741 e. The lowest BCUT2D eigenvalue weighted by Gasteiger charge is -2.30. The molecule has 1 aliphatic carbocycles. The van der Waals surface area contributed by atoms with Gasteiger partial charge in [-0.15, -0.1) is 0 Å². The van der Waals surface area contributed by atoms with Crippen molar-refractivity contribution in [3.05, 3.63) is 59.7 Å². The van der Waals surface area contributed by atoms with Crippen LogP contribution in [0.15, 0.2) is 43.1 Å². The Morgan fingerprint density at radius 1 is 1.05 bits per heavy atom. The number of hydrogen-bond donors (Lipinski definition) is 0. The van der Waals surface area contributed by atoms with Crippen molar-refractivity contribution < 1.29 is 18.9 Å². The van der Waals surface area contributed by atoms with Crippen molar-refractivity contribution in [2.75, 3.05) is 31.2 Å². The van der Waals surface area contributed by atoms with E-state index in [0.29, 0.717) is 35.5 Å². The van der Waals surface area contributed by atoms with Crippen LogP contribution in [0.25, 0.3) is 10.9 Å². The Kier molecular flexibility index (Phi) is 7.64. The third-order valence-corrected chi connectivity index (χ3v) is 7.85. The van der Waals surface area contributed by atoms with E-state index >= 15 is 0 Å². The highest BCUT2D eigenvalue weighted by atomic mass is 16.5. The Hall–Kier alpha value is -4.32. The third-order valence-electron chi connectivity index (χ3n) is 7.85. The zero-order valence-electron chi connectivity index (χ0n) is 23.3. The fourth-order valence-electron chi connectivity index (χ4n) is 5.61. The van der Waals surface area contributed by atoms with Crippen LogP contribution >= 0.6 is 0 Å². The molecule has 0 amide bonds. The van der Waals surface area contributed by atoms with Gasteiger partial charge in [0.15, 0.2) is 11.8 Å². The number of hydrogen-bond acceptors (Lipinski definition) is 10. The number of anilines is 1. The highest BCUT2D eigenvalue weighted by molar-refractivity contribution is 5.87. The van der Waals surface area contributed by atoms with Crippen molar-refractivity contribution in [3.63, 3.8) is 0 Å². The van der Waals surface area contributed by atoms with Crippen LogP contribution in [-0.2, 0) is 11.8 Å². The minimum Gasteiger partial charge on any atom is -0.741 e. The Morgan fingerprint density at radius 3 is 2.56 bits per heavy atom. The van der Waals surface area contributed by atoms with Crippen molar-refractivity contribution in [1.29, 1.82) is 0 Å². The second-order valence-corrected chi connectivity index (χ2v) is 10.5. The van der Waals surface area contributed by atoms with E-state index in [0.717, 1.165) is 66.9 Å². The van der Waals surface area contributed by atoms with Crippen LogP contribution in [0.1, 0.15) is 56.0 Å². The number of nitrogens with zero attached hydrogens (tertiary/aromatic N) is 8. The average Bonchev–Trinajstić information content (AvgIpc) is 3.40. The fourth-order valence-corrected chi connectivity index (χ4v) is 5.61. The van der Waals surface area contributed by atoms with E-state index in [-0.39, 0.29) is 18.2 Å². The summed E-state index contributed by atoms with van der Waals surface area (Å²) in [4.78, 5) is 24.8. The summed E-state index contributed by atoms with van der Waals surface area (Å²) in [5.74, 6) is 2.55. The summed E-state index contributed by atoms with van der Waals surface area (Å²) in [6.07, 6.45) is 12.1. The smallest absolute Gasteiger partial charge is 0.398 e. The van der Waals surface area contributed by atoms with Crippen molar-refractivity contribution >= 4 is 29.4 Å². The molecule has 5 heterocycles. The van der Waals surface area contributed by atoms with E-state index in [1.807, 2.05) is 25.3 Å². The molecule has 2 aliphatic rings. The van der Waals surface area contributed by atoms with Gasteiger partial charge in [0.1, 0.15) is 23.9 Å². The maximum Gasteiger partial charge on any atom is 0.398 e. The number of imidazole rings is 1. The zero-order chi connectivity index (χ0) is 28.3. The molecule has 41 heavy (non-hydrogen) atoms. The lowest BCUT2D eigenvalue weighted by Crippen LogP contribution is -2.36. The highest BCUT2D eigenvalue weighted by Crippen LogP contribution is 2.36. The van der Waals surface area contributed by atoms with Crippen molar-refractivity contribution in [2.24, 2.45) is 7.05 Å². The number of rotatable bonds is 8. The molecule has 1 atom stereocenters. The maximum atomic E-state index is 11.7. The van der Waals surface area contributed by atoms with Gasteiger partial charge in [-0.25, -0.2) is 4.57 Å². The molecule has 4 aromatic heterocycles. The number of morpholine rings is 1. The molecule has 214 valence electrons. The van der Waals surface area contributed by atoms with Crippen LogP contribution in [0, 0.1) is 5.21 Å². The molecule has 12 nitrogen and oxygen atoms in total. The number of fused-ring (bicyclic) bond motifs is 1. The molecule has 2 fully saturated rings. The number of aromatic nitrogens is 6. The summed E-state index contributed by atoms with van der Waals surface area (Å²) in [5, 5.41) is 12.5. The van der Waals surface area contributed by atoms with Gasteiger partial charge >= 0.3 is 5.95 Å². The molecule has 0 spiro atoms. The van der Waals surface area contributed by atoms with Crippen molar-refractivity contribution in [2.45, 2.75) is 50.7 Å². The first-order chi connectivity index (χ1) is 20.0. The van der Waals surface area contributed by atoms with E-state index in [1.54, 1.807) is 36.4 Å². The van der Waals surface area contributed by atoms with Crippen molar-refractivity contribution in [3.8, 4) is 11.6 Å². The molecule has 1 aliphatic heterocycles. The molecule has 0 N–H and O–H groups in total. The molecule has 12 heteroatoms. The monoisotopic (exact) mass is 558 g/mol. The molecule has 1 unspecified atom stereocenters.